The molecular formula is C18H15NS2Si. The van der Waals surface area contributed by atoms with E-state index >= 15 is 0 Å². The van der Waals surface area contributed by atoms with Gasteiger partial charge in [-0.2, -0.15) is 0 Å². The normalized spacial score (nSPS) is 11.2. The van der Waals surface area contributed by atoms with Gasteiger partial charge in [-0.05, 0) is 24.3 Å². The summed E-state index contributed by atoms with van der Waals surface area (Å²) in [6.07, 6.45) is 0. The zero-order valence-electron chi connectivity index (χ0n) is 12.5. The minimum absolute atomic E-state index is 0.0790. The Balaban J connectivity index is 1.69. The maximum Gasteiger partial charge on any atom is 0.166 e. The number of hydrogen-bond acceptors (Lipinski definition) is 3. The van der Waals surface area contributed by atoms with E-state index in [1.54, 1.807) is 11.3 Å². The Kier molecular flexibility index (Phi) is 4.68. The van der Waals surface area contributed by atoms with E-state index in [4.69, 9.17) is 4.98 Å². The summed E-state index contributed by atoms with van der Waals surface area (Å²) in [6.45, 7) is 4.48. The van der Waals surface area contributed by atoms with Crippen molar-refractivity contribution < 1.29 is 0 Å². The number of thioether (sulfide) groups is 1. The molecule has 0 aliphatic heterocycles. The highest BCUT2D eigenvalue weighted by atomic mass is 32.2. The van der Waals surface area contributed by atoms with Crippen LogP contribution in [0.2, 0.25) is 0 Å². The molecule has 1 aromatic heterocycles. The van der Waals surface area contributed by atoms with Gasteiger partial charge in [0.25, 0.3) is 0 Å². The number of para-hydroxylation sites is 1. The summed E-state index contributed by atoms with van der Waals surface area (Å²) in [5.41, 5.74) is 5.50. The number of thiazole rings is 1. The molecule has 108 valence electrons. The number of rotatable bonds is 3. The molecule has 2 aromatic carbocycles. The Bertz CT molecular complexity index is 795. The molecule has 0 atom stereocenters. The van der Waals surface area contributed by atoms with Crippen LogP contribution in [0.15, 0.2) is 58.9 Å². The second kappa shape index (κ2) is 6.70. The molecule has 0 amide bonds. The number of fused-ring (bicyclic) bond motifs is 1. The molecule has 0 spiro atoms. The van der Waals surface area contributed by atoms with Crippen LogP contribution in [0, 0.1) is 11.5 Å². The minimum Gasteiger partial charge on any atom is -0.230 e. The van der Waals surface area contributed by atoms with Crippen molar-refractivity contribution in [2.75, 3.05) is 0 Å². The van der Waals surface area contributed by atoms with E-state index in [1.165, 1.54) is 4.70 Å². The van der Waals surface area contributed by atoms with E-state index in [2.05, 4.69) is 43.5 Å². The molecule has 0 N–H and O–H groups in total. The highest BCUT2D eigenvalue weighted by molar-refractivity contribution is 8.03. The molecule has 0 aliphatic rings. The smallest absolute Gasteiger partial charge is 0.166 e. The summed E-state index contributed by atoms with van der Waals surface area (Å²) in [7, 11) is 0.565. The summed E-state index contributed by atoms with van der Waals surface area (Å²) >= 11 is 3.59. The van der Waals surface area contributed by atoms with Gasteiger partial charge in [0.1, 0.15) is 0 Å². The van der Waals surface area contributed by atoms with Crippen LogP contribution in [-0.4, -0.2) is 18.9 Å². The van der Waals surface area contributed by atoms with Crippen LogP contribution >= 0.6 is 23.1 Å². The first-order valence-electron chi connectivity index (χ1n) is 7.00. The first-order chi connectivity index (χ1) is 10.6. The number of aromatic nitrogens is 1. The minimum atomic E-state index is 0.0790. The molecule has 0 unspecified atom stereocenters. The van der Waals surface area contributed by atoms with Crippen molar-refractivity contribution in [3.05, 3.63) is 60.2 Å². The van der Waals surface area contributed by atoms with E-state index in [-0.39, 0.29) is 4.37 Å². The highest BCUT2D eigenvalue weighted by Gasteiger charge is 2.22. The summed E-state index contributed by atoms with van der Waals surface area (Å²) in [5, 5.41) is 0. The molecule has 0 fully saturated rings. The van der Waals surface area contributed by atoms with Crippen molar-refractivity contribution in [3.63, 3.8) is 0 Å². The highest BCUT2D eigenvalue weighted by Crippen LogP contribution is 2.36. The zero-order chi connectivity index (χ0) is 15.4. The fourth-order valence-electron chi connectivity index (χ4n) is 1.91. The molecule has 3 aromatic rings. The lowest BCUT2D eigenvalue weighted by Crippen LogP contribution is -2.22. The third-order valence-electron chi connectivity index (χ3n) is 2.96. The fourth-order valence-corrected chi connectivity index (χ4v) is 5.63. The lowest BCUT2D eigenvalue weighted by atomic mass is 10.2. The van der Waals surface area contributed by atoms with Gasteiger partial charge >= 0.3 is 0 Å². The number of nitrogens with zero attached hydrogens (tertiary/aromatic N) is 1. The quantitative estimate of drug-likeness (QED) is 0.385. The van der Waals surface area contributed by atoms with Crippen molar-refractivity contribution in [2.24, 2.45) is 0 Å². The van der Waals surface area contributed by atoms with Gasteiger partial charge in [-0.25, -0.2) is 4.98 Å². The van der Waals surface area contributed by atoms with Gasteiger partial charge in [-0.15, -0.1) is 16.9 Å². The second-order valence-electron chi connectivity index (χ2n) is 5.30. The average Bonchev–Trinajstić information content (AvgIpc) is 2.89. The van der Waals surface area contributed by atoms with Crippen LogP contribution in [0.5, 0.6) is 0 Å². The number of hydrogen-bond donors (Lipinski definition) is 0. The lowest BCUT2D eigenvalue weighted by molar-refractivity contribution is 0.996. The van der Waals surface area contributed by atoms with Crippen LogP contribution < -0.4 is 0 Å². The van der Waals surface area contributed by atoms with Crippen molar-refractivity contribution in [3.8, 4) is 11.5 Å². The largest absolute Gasteiger partial charge is 0.230 e. The van der Waals surface area contributed by atoms with Gasteiger partial charge < -0.3 is 0 Å². The van der Waals surface area contributed by atoms with Crippen LogP contribution in [0.1, 0.15) is 19.4 Å². The van der Waals surface area contributed by atoms with Crippen molar-refractivity contribution in [2.45, 2.75) is 22.6 Å². The van der Waals surface area contributed by atoms with E-state index in [1.807, 2.05) is 48.2 Å². The first-order valence-corrected chi connectivity index (χ1v) is 9.63. The molecule has 4 heteroatoms. The van der Waals surface area contributed by atoms with Gasteiger partial charge in [-0.3, -0.25) is 0 Å². The van der Waals surface area contributed by atoms with Gasteiger partial charge in [0, 0.05) is 9.93 Å². The topological polar surface area (TPSA) is 12.9 Å². The molecule has 2 radical (unpaired) electrons. The van der Waals surface area contributed by atoms with E-state index in [9.17, 15) is 0 Å². The third-order valence-corrected chi connectivity index (χ3v) is 6.53. The Labute approximate surface area is 142 Å². The van der Waals surface area contributed by atoms with Gasteiger partial charge in [-0.1, -0.05) is 61.9 Å². The molecule has 0 saturated carbocycles. The fraction of sp³-hybridized carbons (Fsp3) is 0.167. The average molecular weight is 338 g/mol. The van der Waals surface area contributed by atoms with Crippen molar-refractivity contribution in [1.29, 1.82) is 0 Å². The third kappa shape index (κ3) is 4.01. The maximum atomic E-state index is 4.70. The Morgan fingerprint density at radius 2 is 1.77 bits per heavy atom. The summed E-state index contributed by atoms with van der Waals surface area (Å²) < 4.78 is 2.45. The SMILES string of the molecule is CC(C)([Si]C#Cc1ccccc1)Sc1nc2ccccc2s1. The molecular weight excluding hydrogens is 322 g/mol. The van der Waals surface area contributed by atoms with E-state index in [0.717, 1.165) is 15.4 Å². The van der Waals surface area contributed by atoms with Crippen LogP contribution in [0.3, 0.4) is 0 Å². The molecule has 0 aliphatic carbocycles. The Morgan fingerprint density at radius 3 is 2.55 bits per heavy atom. The standard InChI is InChI=1S/C18H15NS2Si/c1-18(2,22-13-12-14-8-4-3-5-9-14)21-17-19-15-10-6-7-11-16(15)20-17/h3-11H,1-2H3. The van der Waals surface area contributed by atoms with Crippen molar-refractivity contribution in [1.82, 2.24) is 4.98 Å². The predicted molar refractivity (Wildman–Crippen MR) is 98.6 cm³/mol. The summed E-state index contributed by atoms with van der Waals surface area (Å²) in [4.78, 5) is 4.70. The molecule has 0 saturated heterocycles. The van der Waals surface area contributed by atoms with Gasteiger partial charge in [0.15, 0.2) is 13.9 Å². The van der Waals surface area contributed by atoms with Crippen LogP contribution in [0.4, 0.5) is 0 Å². The van der Waals surface area contributed by atoms with Gasteiger partial charge in [0.05, 0.1) is 10.2 Å². The van der Waals surface area contributed by atoms with Crippen molar-refractivity contribution >= 4 is 42.8 Å². The van der Waals surface area contributed by atoms with E-state index < -0.39 is 0 Å². The monoisotopic (exact) mass is 337 g/mol. The molecule has 1 heterocycles. The van der Waals surface area contributed by atoms with E-state index in [0.29, 0.717) is 9.52 Å². The first kappa shape index (κ1) is 15.4. The summed E-state index contributed by atoms with van der Waals surface area (Å²) in [6, 6.07) is 18.4. The van der Waals surface area contributed by atoms with Crippen LogP contribution in [-0.2, 0) is 0 Å². The molecule has 22 heavy (non-hydrogen) atoms. The lowest BCUT2D eigenvalue weighted by Gasteiger charge is -2.17. The van der Waals surface area contributed by atoms with Gasteiger partial charge in [0.2, 0.25) is 0 Å². The molecule has 0 bridgehead atoms. The number of benzene rings is 2. The summed E-state index contributed by atoms with van der Waals surface area (Å²) in [5.74, 6) is 3.25. The molecule has 3 rings (SSSR count). The van der Waals surface area contributed by atoms with Crippen LogP contribution in [0.25, 0.3) is 10.2 Å². The maximum absolute atomic E-state index is 4.70. The predicted octanol–water partition coefficient (Wildman–Crippen LogP) is 4.84. The molecule has 1 nitrogen and oxygen atoms in total. The Hall–Kier alpha value is -1.54. The zero-order valence-corrected chi connectivity index (χ0v) is 15.1. The second-order valence-corrected chi connectivity index (χ2v) is 10.3. The Morgan fingerprint density at radius 1 is 1.05 bits per heavy atom.